The lowest BCUT2D eigenvalue weighted by molar-refractivity contribution is -0.105. The summed E-state index contributed by atoms with van der Waals surface area (Å²) in [6, 6.07) is 0. The van der Waals surface area contributed by atoms with Crippen molar-refractivity contribution >= 4 is 6.29 Å². The third kappa shape index (κ3) is 2.31. The van der Waals surface area contributed by atoms with Gasteiger partial charge in [0, 0.05) is 5.57 Å². The first kappa shape index (κ1) is 8.21. The predicted molar refractivity (Wildman–Crippen MR) is 36.2 cm³/mol. The molecule has 0 aromatic rings. The van der Waals surface area contributed by atoms with Gasteiger partial charge in [-0.25, -0.2) is 0 Å². The summed E-state index contributed by atoms with van der Waals surface area (Å²) in [5, 5.41) is 8.83. The first-order valence-corrected chi connectivity index (χ1v) is 2.94. The first-order chi connectivity index (χ1) is 4.09. The molecule has 0 amide bonds. The largest absolute Gasteiger partial charge is 0.512 e. The Morgan fingerprint density at radius 1 is 1.56 bits per heavy atom. The van der Waals surface area contributed by atoms with Crippen LogP contribution in [0.1, 0.15) is 20.8 Å². The summed E-state index contributed by atoms with van der Waals surface area (Å²) in [7, 11) is 0. The quantitative estimate of drug-likeness (QED) is 0.349. The van der Waals surface area contributed by atoms with Gasteiger partial charge in [0.2, 0.25) is 0 Å². The molecule has 52 valence electrons. The molecule has 0 heterocycles. The molecule has 0 aliphatic heterocycles. The van der Waals surface area contributed by atoms with Crippen LogP contribution in [-0.4, -0.2) is 11.4 Å². The van der Waals surface area contributed by atoms with Crippen LogP contribution in [0.3, 0.4) is 0 Å². The minimum atomic E-state index is 0.118. The third-order valence-corrected chi connectivity index (χ3v) is 1.17. The highest BCUT2D eigenvalue weighted by atomic mass is 16.3. The molecule has 0 aliphatic rings. The van der Waals surface area contributed by atoms with Crippen molar-refractivity contribution in [1.82, 2.24) is 0 Å². The summed E-state index contributed by atoms with van der Waals surface area (Å²) in [5.74, 6) is 0.243. The fraction of sp³-hybridized carbons (Fsp3) is 0.571. The maximum atomic E-state index is 10.2. The van der Waals surface area contributed by atoms with Gasteiger partial charge in [-0.15, -0.1) is 0 Å². The third-order valence-electron chi connectivity index (χ3n) is 1.17. The van der Waals surface area contributed by atoms with Crippen molar-refractivity contribution < 1.29 is 9.90 Å². The molecule has 0 atom stereocenters. The number of hydrogen-bond donors (Lipinski definition) is 1. The number of aliphatic hydroxyl groups is 1. The minimum absolute atomic E-state index is 0.118. The van der Waals surface area contributed by atoms with Crippen LogP contribution in [0.5, 0.6) is 0 Å². The normalized spacial score (nSPS) is 13.3. The van der Waals surface area contributed by atoms with E-state index in [1.54, 1.807) is 0 Å². The summed E-state index contributed by atoms with van der Waals surface area (Å²) in [6.07, 6.45) is 0.694. The zero-order valence-corrected chi connectivity index (χ0v) is 6.01. The Balaban J connectivity index is 4.34. The topological polar surface area (TPSA) is 37.3 Å². The minimum Gasteiger partial charge on any atom is -0.512 e. The van der Waals surface area contributed by atoms with Crippen LogP contribution in [0.4, 0.5) is 0 Å². The van der Waals surface area contributed by atoms with E-state index in [1.807, 2.05) is 13.8 Å². The molecular formula is C7H12O2. The Bertz CT molecular complexity index is 130. The lowest BCUT2D eigenvalue weighted by atomic mass is 10.0. The van der Waals surface area contributed by atoms with Gasteiger partial charge in [0.05, 0.1) is 5.76 Å². The monoisotopic (exact) mass is 128 g/mol. The van der Waals surface area contributed by atoms with Crippen molar-refractivity contribution in [2.24, 2.45) is 5.92 Å². The molecule has 0 spiro atoms. The maximum absolute atomic E-state index is 10.2. The Hall–Kier alpha value is -0.790. The second kappa shape index (κ2) is 3.28. The predicted octanol–water partition coefficient (Wildman–Crippen LogP) is 1.67. The summed E-state index contributed by atoms with van der Waals surface area (Å²) < 4.78 is 0. The van der Waals surface area contributed by atoms with Crippen molar-refractivity contribution in [2.45, 2.75) is 20.8 Å². The molecule has 0 aliphatic carbocycles. The molecule has 0 unspecified atom stereocenters. The van der Waals surface area contributed by atoms with E-state index in [0.29, 0.717) is 11.9 Å². The summed E-state index contributed by atoms with van der Waals surface area (Å²) in [4.78, 5) is 10.2. The van der Waals surface area contributed by atoms with Gasteiger partial charge in [0.1, 0.15) is 6.29 Å². The van der Waals surface area contributed by atoms with Crippen LogP contribution in [0, 0.1) is 5.92 Å². The number of allylic oxidation sites excluding steroid dienone is 2. The Labute approximate surface area is 55.2 Å². The molecule has 0 saturated heterocycles. The number of rotatable bonds is 2. The fourth-order valence-corrected chi connectivity index (χ4v) is 0.639. The van der Waals surface area contributed by atoms with Crippen LogP contribution in [0.2, 0.25) is 0 Å². The van der Waals surface area contributed by atoms with Gasteiger partial charge in [-0.2, -0.15) is 0 Å². The molecule has 0 aromatic heterocycles. The number of carbonyl (C=O) groups excluding carboxylic acids is 1. The summed E-state index contributed by atoms with van der Waals surface area (Å²) >= 11 is 0. The average Bonchev–Trinajstić information content (AvgIpc) is 1.64. The smallest absolute Gasteiger partial charge is 0.149 e. The highest BCUT2D eigenvalue weighted by Crippen LogP contribution is 2.09. The van der Waals surface area contributed by atoms with Crippen molar-refractivity contribution in [2.75, 3.05) is 0 Å². The van der Waals surface area contributed by atoms with Crippen molar-refractivity contribution in [3.05, 3.63) is 11.3 Å². The molecule has 0 rings (SSSR count). The number of carbonyl (C=O) groups is 1. The Morgan fingerprint density at radius 2 is 2.00 bits per heavy atom. The van der Waals surface area contributed by atoms with E-state index in [9.17, 15) is 4.79 Å². The number of aldehydes is 1. The zero-order valence-electron chi connectivity index (χ0n) is 6.01. The van der Waals surface area contributed by atoms with Crippen LogP contribution >= 0.6 is 0 Å². The Morgan fingerprint density at radius 3 is 2.00 bits per heavy atom. The van der Waals surface area contributed by atoms with E-state index in [4.69, 9.17) is 5.11 Å². The van der Waals surface area contributed by atoms with Crippen LogP contribution < -0.4 is 0 Å². The molecule has 2 nitrogen and oxygen atoms in total. The van der Waals surface area contributed by atoms with Gasteiger partial charge in [0.15, 0.2) is 0 Å². The molecule has 0 bridgehead atoms. The maximum Gasteiger partial charge on any atom is 0.149 e. The second-order valence-electron chi connectivity index (χ2n) is 2.31. The van der Waals surface area contributed by atoms with Crippen LogP contribution in [0.25, 0.3) is 0 Å². The standard InChI is InChI=1S/C7H12O2/c1-5(2)7(4-8)6(3)9/h4-5,9H,1-3H3/b7-6+. The molecular weight excluding hydrogens is 116 g/mol. The van der Waals surface area contributed by atoms with Gasteiger partial charge >= 0.3 is 0 Å². The molecule has 0 fully saturated rings. The van der Waals surface area contributed by atoms with Gasteiger partial charge < -0.3 is 5.11 Å². The molecule has 0 aromatic carbocycles. The van der Waals surface area contributed by atoms with E-state index < -0.39 is 0 Å². The second-order valence-corrected chi connectivity index (χ2v) is 2.31. The molecule has 0 saturated carbocycles. The van der Waals surface area contributed by atoms with Crippen molar-refractivity contribution in [3.63, 3.8) is 0 Å². The molecule has 2 heteroatoms. The molecule has 0 radical (unpaired) electrons. The Kier molecular flexibility index (Phi) is 2.99. The van der Waals surface area contributed by atoms with E-state index in [0.717, 1.165) is 0 Å². The highest BCUT2D eigenvalue weighted by molar-refractivity contribution is 5.74. The summed E-state index contributed by atoms with van der Waals surface area (Å²) in [6.45, 7) is 5.25. The fourth-order valence-electron chi connectivity index (χ4n) is 0.639. The van der Waals surface area contributed by atoms with Crippen molar-refractivity contribution in [1.29, 1.82) is 0 Å². The van der Waals surface area contributed by atoms with E-state index in [2.05, 4.69) is 0 Å². The van der Waals surface area contributed by atoms with Crippen LogP contribution in [-0.2, 0) is 4.79 Å². The SMILES string of the molecule is C/C(O)=C(/C=O)C(C)C. The zero-order chi connectivity index (χ0) is 7.44. The van der Waals surface area contributed by atoms with E-state index in [1.165, 1.54) is 6.92 Å². The lowest BCUT2D eigenvalue weighted by Crippen LogP contribution is -1.98. The number of aliphatic hydroxyl groups excluding tert-OH is 1. The van der Waals surface area contributed by atoms with Gasteiger partial charge in [-0.3, -0.25) is 4.79 Å². The van der Waals surface area contributed by atoms with Crippen LogP contribution in [0.15, 0.2) is 11.3 Å². The van der Waals surface area contributed by atoms with E-state index >= 15 is 0 Å². The first-order valence-electron chi connectivity index (χ1n) is 2.94. The average molecular weight is 128 g/mol. The molecule has 1 N–H and O–H groups in total. The van der Waals surface area contributed by atoms with Crippen molar-refractivity contribution in [3.8, 4) is 0 Å². The van der Waals surface area contributed by atoms with Gasteiger partial charge in [-0.05, 0) is 12.8 Å². The van der Waals surface area contributed by atoms with Gasteiger partial charge in [-0.1, -0.05) is 13.8 Å². The van der Waals surface area contributed by atoms with E-state index in [-0.39, 0.29) is 11.7 Å². The lowest BCUT2D eigenvalue weighted by Gasteiger charge is -2.02. The highest BCUT2D eigenvalue weighted by Gasteiger charge is 2.03. The summed E-state index contributed by atoms with van der Waals surface area (Å²) in [5.41, 5.74) is 0.481. The molecule has 9 heavy (non-hydrogen) atoms. The van der Waals surface area contributed by atoms with Gasteiger partial charge in [0.25, 0.3) is 0 Å². The number of hydrogen-bond acceptors (Lipinski definition) is 2.